The number of carbonyl (C=O) groups is 1. The fourth-order valence-corrected chi connectivity index (χ4v) is 2.44. The topological polar surface area (TPSA) is 49.6 Å². The Morgan fingerprint density at radius 2 is 1.95 bits per heavy atom. The van der Waals surface area contributed by atoms with Gasteiger partial charge in [-0.3, -0.25) is 4.79 Å². The lowest BCUT2D eigenvalue weighted by Crippen LogP contribution is -2.48. The number of hydrogen-bond donors (Lipinski definition) is 1. The fourth-order valence-electron chi connectivity index (χ4n) is 2.44. The molecule has 2 N–H and O–H groups in total. The summed E-state index contributed by atoms with van der Waals surface area (Å²) in [5, 5.41) is 0. The highest BCUT2D eigenvalue weighted by Crippen LogP contribution is 2.27. The molecule has 5 heteroatoms. The molecule has 4 nitrogen and oxygen atoms in total. The largest absolute Gasteiger partial charge is 0.368 e. The Balaban J connectivity index is 2.17. The van der Waals surface area contributed by atoms with E-state index in [-0.39, 0.29) is 17.8 Å². The summed E-state index contributed by atoms with van der Waals surface area (Å²) < 4.78 is 13.3. The number of nitrogens with zero attached hydrogens (tertiary/aromatic N) is 2. The number of piperazine rings is 1. The van der Waals surface area contributed by atoms with Crippen LogP contribution in [-0.2, 0) is 4.79 Å². The lowest BCUT2D eigenvalue weighted by Gasteiger charge is -2.37. The van der Waals surface area contributed by atoms with Gasteiger partial charge in [-0.1, -0.05) is 0 Å². The van der Waals surface area contributed by atoms with E-state index in [4.69, 9.17) is 5.73 Å². The van der Waals surface area contributed by atoms with Crippen LogP contribution in [0.5, 0.6) is 0 Å². The average molecular weight is 265 g/mol. The van der Waals surface area contributed by atoms with Gasteiger partial charge in [0.05, 0.1) is 0 Å². The van der Waals surface area contributed by atoms with Crippen LogP contribution in [0.3, 0.4) is 0 Å². The highest BCUT2D eigenvalue weighted by atomic mass is 19.1. The molecule has 0 radical (unpaired) electrons. The summed E-state index contributed by atoms with van der Waals surface area (Å²) >= 11 is 0. The van der Waals surface area contributed by atoms with Gasteiger partial charge < -0.3 is 15.5 Å². The Kier molecular flexibility index (Phi) is 4.04. The van der Waals surface area contributed by atoms with Crippen molar-refractivity contribution in [1.29, 1.82) is 0 Å². The zero-order valence-electron chi connectivity index (χ0n) is 11.4. The third-order valence-electron chi connectivity index (χ3n) is 3.55. The van der Waals surface area contributed by atoms with Crippen molar-refractivity contribution < 1.29 is 9.18 Å². The predicted molar refractivity (Wildman–Crippen MR) is 73.5 cm³/mol. The van der Waals surface area contributed by atoms with Gasteiger partial charge in [0.2, 0.25) is 5.91 Å². The fraction of sp³-hybridized carbons (Fsp3) is 0.500. The maximum absolute atomic E-state index is 13.3. The summed E-state index contributed by atoms with van der Waals surface area (Å²) in [4.78, 5) is 15.3. The standard InChI is InChI=1S/C14H20FN3O/c1-10(16)13-9-12(15)3-4-14(13)18-7-5-17(6-8-18)11(2)19/h3-4,9-10H,5-8,16H2,1-2H3/t10-/m0/s1. The maximum Gasteiger partial charge on any atom is 0.219 e. The highest BCUT2D eigenvalue weighted by Gasteiger charge is 2.21. The minimum absolute atomic E-state index is 0.103. The SMILES string of the molecule is CC(=O)N1CCN(c2ccc(F)cc2[C@H](C)N)CC1. The number of halogens is 1. The van der Waals surface area contributed by atoms with Crippen LogP contribution in [0.2, 0.25) is 0 Å². The normalized spacial score (nSPS) is 17.5. The van der Waals surface area contributed by atoms with Gasteiger partial charge in [-0.2, -0.15) is 0 Å². The molecule has 1 fully saturated rings. The summed E-state index contributed by atoms with van der Waals surface area (Å²) in [6.45, 7) is 6.34. The van der Waals surface area contributed by atoms with E-state index >= 15 is 0 Å². The van der Waals surface area contributed by atoms with E-state index in [2.05, 4.69) is 4.90 Å². The molecule has 1 aromatic rings. The minimum Gasteiger partial charge on any atom is -0.368 e. The zero-order chi connectivity index (χ0) is 14.0. The van der Waals surface area contributed by atoms with Crippen LogP contribution in [0.1, 0.15) is 25.5 Å². The maximum atomic E-state index is 13.3. The number of carbonyl (C=O) groups excluding carboxylic acids is 1. The van der Waals surface area contributed by atoms with Crippen LogP contribution in [-0.4, -0.2) is 37.0 Å². The van der Waals surface area contributed by atoms with Gasteiger partial charge in [0.15, 0.2) is 0 Å². The molecule has 0 aliphatic carbocycles. The van der Waals surface area contributed by atoms with E-state index in [9.17, 15) is 9.18 Å². The van der Waals surface area contributed by atoms with Crippen LogP contribution >= 0.6 is 0 Å². The summed E-state index contributed by atoms with van der Waals surface area (Å²) in [5.41, 5.74) is 7.70. The number of nitrogens with two attached hydrogens (primary N) is 1. The molecular formula is C14H20FN3O. The van der Waals surface area contributed by atoms with E-state index in [0.717, 1.165) is 24.3 Å². The van der Waals surface area contributed by atoms with Crippen LogP contribution in [0, 0.1) is 5.82 Å². The lowest BCUT2D eigenvalue weighted by molar-refractivity contribution is -0.129. The second-order valence-electron chi connectivity index (χ2n) is 4.98. The van der Waals surface area contributed by atoms with Crippen molar-refractivity contribution in [2.24, 2.45) is 5.73 Å². The number of amides is 1. The third kappa shape index (κ3) is 3.04. The zero-order valence-corrected chi connectivity index (χ0v) is 11.4. The molecule has 1 heterocycles. The summed E-state index contributed by atoms with van der Waals surface area (Å²) in [7, 11) is 0. The van der Waals surface area contributed by atoms with Gasteiger partial charge in [-0.15, -0.1) is 0 Å². The molecule has 0 unspecified atom stereocenters. The van der Waals surface area contributed by atoms with E-state index in [0.29, 0.717) is 13.1 Å². The van der Waals surface area contributed by atoms with Gasteiger partial charge in [0.1, 0.15) is 5.82 Å². The van der Waals surface area contributed by atoms with Crippen LogP contribution in [0.4, 0.5) is 10.1 Å². The Morgan fingerprint density at radius 1 is 1.32 bits per heavy atom. The molecule has 1 aliphatic rings. The molecule has 0 spiro atoms. The summed E-state index contributed by atoms with van der Waals surface area (Å²) in [6, 6.07) is 4.52. The van der Waals surface area contributed by atoms with Crippen molar-refractivity contribution in [2.45, 2.75) is 19.9 Å². The molecule has 1 saturated heterocycles. The molecule has 104 valence electrons. The second-order valence-corrected chi connectivity index (χ2v) is 4.98. The molecule has 1 atom stereocenters. The third-order valence-corrected chi connectivity index (χ3v) is 3.55. The van der Waals surface area contributed by atoms with Crippen molar-refractivity contribution in [3.05, 3.63) is 29.6 Å². The number of rotatable bonds is 2. The Hall–Kier alpha value is -1.62. The lowest BCUT2D eigenvalue weighted by atomic mass is 10.0. The average Bonchev–Trinajstić information content (AvgIpc) is 2.38. The quantitative estimate of drug-likeness (QED) is 0.882. The van der Waals surface area contributed by atoms with Crippen molar-refractivity contribution in [3.8, 4) is 0 Å². The molecule has 2 rings (SSSR count). The molecular weight excluding hydrogens is 245 g/mol. The van der Waals surface area contributed by atoms with Crippen molar-refractivity contribution >= 4 is 11.6 Å². The molecule has 0 aromatic heterocycles. The predicted octanol–water partition coefficient (Wildman–Crippen LogP) is 1.51. The highest BCUT2D eigenvalue weighted by molar-refractivity contribution is 5.73. The summed E-state index contributed by atoms with van der Waals surface area (Å²) in [6.07, 6.45) is 0. The first-order valence-electron chi connectivity index (χ1n) is 6.54. The number of anilines is 1. The van der Waals surface area contributed by atoms with Gasteiger partial charge in [-0.25, -0.2) is 4.39 Å². The molecule has 0 bridgehead atoms. The molecule has 1 amide bonds. The second kappa shape index (κ2) is 5.57. The molecule has 1 aliphatic heterocycles. The Morgan fingerprint density at radius 3 is 2.47 bits per heavy atom. The first-order chi connectivity index (χ1) is 8.99. The Labute approximate surface area is 113 Å². The number of hydrogen-bond acceptors (Lipinski definition) is 3. The van der Waals surface area contributed by atoms with Gasteiger partial charge in [0.25, 0.3) is 0 Å². The molecule has 0 saturated carbocycles. The summed E-state index contributed by atoms with van der Waals surface area (Å²) in [5.74, 6) is -0.162. The van der Waals surface area contributed by atoms with Gasteiger partial charge in [0, 0.05) is 44.8 Å². The van der Waals surface area contributed by atoms with Crippen LogP contribution in [0.15, 0.2) is 18.2 Å². The minimum atomic E-state index is -0.265. The van der Waals surface area contributed by atoms with E-state index in [1.54, 1.807) is 13.0 Å². The first kappa shape index (κ1) is 13.8. The molecule has 1 aromatic carbocycles. The van der Waals surface area contributed by atoms with Crippen LogP contribution < -0.4 is 10.6 Å². The van der Waals surface area contributed by atoms with E-state index < -0.39 is 0 Å². The number of benzene rings is 1. The monoisotopic (exact) mass is 265 g/mol. The van der Waals surface area contributed by atoms with E-state index in [1.165, 1.54) is 12.1 Å². The Bertz CT molecular complexity index is 468. The first-order valence-corrected chi connectivity index (χ1v) is 6.54. The molecule has 19 heavy (non-hydrogen) atoms. The smallest absolute Gasteiger partial charge is 0.219 e. The van der Waals surface area contributed by atoms with Crippen molar-refractivity contribution in [1.82, 2.24) is 4.90 Å². The van der Waals surface area contributed by atoms with E-state index in [1.807, 2.05) is 11.8 Å². The van der Waals surface area contributed by atoms with Crippen LogP contribution in [0.25, 0.3) is 0 Å². The van der Waals surface area contributed by atoms with Gasteiger partial charge >= 0.3 is 0 Å². The van der Waals surface area contributed by atoms with Crippen molar-refractivity contribution in [2.75, 3.05) is 31.1 Å². The van der Waals surface area contributed by atoms with Gasteiger partial charge in [-0.05, 0) is 30.7 Å². The van der Waals surface area contributed by atoms with Crippen molar-refractivity contribution in [3.63, 3.8) is 0 Å².